The Morgan fingerprint density at radius 2 is 2.20 bits per heavy atom. The van der Waals surface area contributed by atoms with Crippen molar-refractivity contribution in [3.63, 3.8) is 0 Å². The van der Waals surface area contributed by atoms with Crippen molar-refractivity contribution in [2.75, 3.05) is 5.73 Å². The molecule has 0 fully saturated rings. The van der Waals surface area contributed by atoms with Gasteiger partial charge in [0, 0.05) is 6.07 Å². The zero-order valence-electron chi connectivity index (χ0n) is 7.37. The van der Waals surface area contributed by atoms with Crippen LogP contribution in [0.25, 0.3) is 11.3 Å². The molecule has 0 amide bonds. The van der Waals surface area contributed by atoms with Gasteiger partial charge in [-0.1, -0.05) is 5.16 Å². The standard InChI is InChI=1S/C9H6BrFN2O2/c10-4-1-2-5(11)8(9(4)14)6-3-7(12)13-15-6/h1-3,14H,(H2,12,13). The summed E-state index contributed by atoms with van der Waals surface area (Å²) in [5.74, 6) is -0.634. The number of halogens is 2. The third-order valence-corrected chi connectivity index (χ3v) is 2.49. The number of hydrogen-bond donors (Lipinski definition) is 2. The highest BCUT2D eigenvalue weighted by molar-refractivity contribution is 9.10. The van der Waals surface area contributed by atoms with Crippen LogP contribution in [0.15, 0.2) is 27.2 Å². The molecule has 0 aliphatic heterocycles. The van der Waals surface area contributed by atoms with Crippen molar-refractivity contribution < 1.29 is 14.0 Å². The zero-order valence-corrected chi connectivity index (χ0v) is 8.95. The summed E-state index contributed by atoms with van der Waals surface area (Å²) in [6.45, 7) is 0. The quantitative estimate of drug-likeness (QED) is 0.837. The number of benzene rings is 1. The molecule has 78 valence electrons. The van der Waals surface area contributed by atoms with Crippen LogP contribution in [0.3, 0.4) is 0 Å². The molecule has 0 aliphatic rings. The number of rotatable bonds is 1. The van der Waals surface area contributed by atoms with E-state index < -0.39 is 5.82 Å². The molecular weight excluding hydrogens is 267 g/mol. The van der Waals surface area contributed by atoms with E-state index in [1.165, 1.54) is 18.2 Å². The summed E-state index contributed by atoms with van der Waals surface area (Å²) in [6, 6.07) is 3.94. The molecule has 4 nitrogen and oxygen atoms in total. The summed E-state index contributed by atoms with van der Waals surface area (Å²) in [5, 5.41) is 13.0. The molecule has 6 heteroatoms. The van der Waals surface area contributed by atoms with E-state index in [-0.39, 0.29) is 22.9 Å². The molecule has 0 bridgehead atoms. The van der Waals surface area contributed by atoms with E-state index in [4.69, 9.17) is 10.3 Å². The van der Waals surface area contributed by atoms with Crippen molar-refractivity contribution >= 4 is 21.7 Å². The van der Waals surface area contributed by atoms with Crippen LogP contribution in [0, 0.1) is 5.82 Å². The van der Waals surface area contributed by atoms with Gasteiger partial charge in [0.25, 0.3) is 0 Å². The first-order valence-electron chi connectivity index (χ1n) is 3.99. The third kappa shape index (κ3) is 1.68. The Kier molecular flexibility index (Phi) is 2.36. The van der Waals surface area contributed by atoms with Crippen LogP contribution in [0.4, 0.5) is 10.2 Å². The number of phenols is 1. The number of aromatic nitrogens is 1. The highest BCUT2D eigenvalue weighted by Crippen LogP contribution is 2.37. The number of anilines is 1. The van der Waals surface area contributed by atoms with Crippen LogP contribution < -0.4 is 5.73 Å². The van der Waals surface area contributed by atoms with Crippen molar-refractivity contribution in [2.45, 2.75) is 0 Å². The number of phenolic OH excluding ortho intramolecular Hbond substituents is 1. The van der Waals surface area contributed by atoms with Gasteiger partial charge in [-0.3, -0.25) is 0 Å². The lowest BCUT2D eigenvalue weighted by Gasteiger charge is -2.03. The maximum absolute atomic E-state index is 13.4. The van der Waals surface area contributed by atoms with Gasteiger partial charge in [-0.15, -0.1) is 0 Å². The summed E-state index contributed by atoms with van der Waals surface area (Å²) >= 11 is 3.07. The number of nitrogen functional groups attached to an aromatic ring is 1. The van der Waals surface area contributed by atoms with Gasteiger partial charge in [0.15, 0.2) is 11.6 Å². The van der Waals surface area contributed by atoms with E-state index in [1.54, 1.807) is 0 Å². The van der Waals surface area contributed by atoms with Crippen molar-refractivity contribution in [3.8, 4) is 17.1 Å². The van der Waals surface area contributed by atoms with Crippen LogP contribution in [0.1, 0.15) is 0 Å². The molecule has 0 atom stereocenters. The molecule has 0 spiro atoms. The predicted molar refractivity (Wildman–Crippen MR) is 55.7 cm³/mol. The lowest BCUT2D eigenvalue weighted by molar-refractivity contribution is 0.424. The Hall–Kier alpha value is -1.56. The fourth-order valence-electron chi connectivity index (χ4n) is 1.18. The van der Waals surface area contributed by atoms with Crippen molar-refractivity contribution in [2.24, 2.45) is 0 Å². The van der Waals surface area contributed by atoms with E-state index >= 15 is 0 Å². The maximum atomic E-state index is 13.4. The van der Waals surface area contributed by atoms with E-state index in [1.807, 2.05) is 0 Å². The first-order valence-corrected chi connectivity index (χ1v) is 4.78. The molecule has 0 saturated carbocycles. The average Bonchev–Trinajstić information content (AvgIpc) is 2.59. The molecule has 0 saturated heterocycles. The molecule has 1 aromatic heterocycles. The van der Waals surface area contributed by atoms with Crippen LogP contribution in [0.5, 0.6) is 5.75 Å². The van der Waals surface area contributed by atoms with Gasteiger partial charge in [0.2, 0.25) is 0 Å². The Morgan fingerprint density at radius 3 is 2.80 bits per heavy atom. The average molecular weight is 273 g/mol. The normalized spacial score (nSPS) is 10.5. The van der Waals surface area contributed by atoms with Crippen LogP contribution in [-0.2, 0) is 0 Å². The molecule has 3 N–H and O–H groups in total. The van der Waals surface area contributed by atoms with E-state index in [9.17, 15) is 9.50 Å². The molecule has 2 aromatic rings. The molecule has 1 aromatic carbocycles. The summed E-state index contributed by atoms with van der Waals surface area (Å²) in [7, 11) is 0. The fraction of sp³-hybridized carbons (Fsp3) is 0. The Morgan fingerprint density at radius 1 is 1.47 bits per heavy atom. The van der Waals surface area contributed by atoms with Gasteiger partial charge in [0.05, 0.1) is 10.0 Å². The van der Waals surface area contributed by atoms with E-state index in [0.29, 0.717) is 4.47 Å². The van der Waals surface area contributed by atoms with Crippen LogP contribution in [0.2, 0.25) is 0 Å². The second kappa shape index (κ2) is 3.54. The van der Waals surface area contributed by atoms with Gasteiger partial charge in [-0.2, -0.15) is 0 Å². The molecule has 2 rings (SSSR count). The molecular formula is C9H6BrFN2O2. The van der Waals surface area contributed by atoms with Crippen LogP contribution in [-0.4, -0.2) is 10.3 Å². The lowest BCUT2D eigenvalue weighted by atomic mass is 10.1. The van der Waals surface area contributed by atoms with Gasteiger partial charge in [-0.05, 0) is 28.1 Å². The number of nitrogens with zero attached hydrogens (tertiary/aromatic N) is 1. The monoisotopic (exact) mass is 272 g/mol. The summed E-state index contributed by atoms with van der Waals surface area (Å²) < 4.78 is 18.6. The summed E-state index contributed by atoms with van der Waals surface area (Å²) in [5.41, 5.74) is 5.27. The second-order valence-electron chi connectivity index (χ2n) is 2.87. The van der Waals surface area contributed by atoms with Gasteiger partial charge < -0.3 is 15.4 Å². The smallest absolute Gasteiger partial charge is 0.175 e. The fourth-order valence-corrected chi connectivity index (χ4v) is 1.51. The highest BCUT2D eigenvalue weighted by atomic mass is 79.9. The Labute approximate surface area is 92.6 Å². The molecule has 1 heterocycles. The van der Waals surface area contributed by atoms with Crippen molar-refractivity contribution in [3.05, 3.63) is 28.5 Å². The minimum absolute atomic E-state index is 0.0615. The lowest BCUT2D eigenvalue weighted by Crippen LogP contribution is -1.84. The Balaban J connectivity index is 2.66. The third-order valence-electron chi connectivity index (χ3n) is 1.85. The first-order chi connectivity index (χ1) is 7.09. The Bertz CT molecular complexity index is 513. The second-order valence-corrected chi connectivity index (χ2v) is 3.72. The zero-order chi connectivity index (χ0) is 11.0. The molecule has 0 aliphatic carbocycles. The van der Waals surface area contributed by atoms with E-state index in [0.717, 1.165) is 0 Å². The van der Waals surface area contributed by atoms with E-state index in [2.05, 4.69) is 21.1 Å². The first kappa shape index (κ1) is 9.97. The highest BCUT2D eigenvalue weighted by Gasteiger charge is 2.17. The predicted octanol–water partition coefficient (Wildman–Crippen LogP) is 2.53. The van der Waals surface area contributed by atoms with Gasteiger partial charge in [0.1, 0.15) is 11.6 Å². The molecule has 0 unspecified atom stereocenters. The maximum Gasteiger partial charge on any atom is 0.175 e. The van der Waals surface area contributed by atoms with Crippen molar-refractivity contribution in [1.82, 2.24) is 5.16 Å². The molecule has 0 radical (unpaired) electrons. The number of aromatic hydroxyl groups is 1. The SMILES string of the molecule is Nc1cc(-c2c(F)ccc(Br)c2O)on1. The van der Waals surface area contributed by atoms with Gasteiger partial charge >= 0.3 is 0 Å². The number of nitrogens with two attached hydrogens (primary N) is 1. The molecule has 15 heavy (non-hydrogen) atoms. The van der Waals surface area contributed by atoms with Crippen molar-refractivity contribution in [1.29, 1.82) is 0 Å². The topological polar surface area (TPSA) is 72.3 Å². The minimum Gasteiger partial charge on any atom is -0.506 e. The minimum atomic E-state index is -0.605. The van der Waals surface area contributed by atoms with Gasteiger partial charge in [-0.25, -0.2) is 4.39 Å². The summed E-state index contributed by atoms with van der Waals surface area (Å²) in [6.07, 6.45) is 0. The number of hydrogen-bond acceptors (Lipinski definition) is 4. The summed E-state index contributed by atoms with van der Waals surface area (Å²) in [4.78, 5) is 0. The van der Waals surface area contributed by atoms with Crippen LogP contribution >= 0.6 is 15.9 Å². The largest absolute Gasteiger partial charge is 0.506 e.